The monoisotopic (exact) mass is 196 g/mol. The summed E-state index contributed by atoms with van der Waals surface area (Å²) >= 11 is 0. The maximum Gasteiger partial charge on any atom is 0.141 e. The van der Waals surface area contributed by atoms with Crippen LogP contribution in [0.15, 0.2) is 18.5 Å². The van der Waals surface area contributed by atoms with Gasteiger partial charge in [0, 0.05) is 18.8 Å². The third-order valence-corrected chi connectivity index (χ3v) is 2.47. The van der Waals surface area contributed by atoms with E-state index < -0.39 is 0 Å². The van der Waals surface area contributed by atoms with E-state index in [2.05, 4.69) is 10.3 Å². The third kappa shape index (κ3) is 2.27. The molecule has 2 N–H and O–H groups in total. The van der Waals surface area contributed by atoms with E-state index in [0.717, 1.165) is 18.4 Å². The molecule has 0 aromatic carbocycles. The first kappa shape index (κ1) is 9.55. The number of aliphatic hydroxyl groups is 1. The average Bonchev–Trinajstić information content (AvgIpc) is 2.11. The van der Waals surface area contributed by atoms with Crippen LogP contribution in [0, 0.1) is 5.82 Å². The molecule has 0 spiro atoms. The van der Waals surface area contributed by atoms with Crippen LogP contribution < -0.4 is 5.32 Å². The van der Waals surface area contributed by atoms with Crippen LogP contribution in [-0.2, 0) is 6.54 Å². The molecule has 0 aliphatic heterocycles. The highest BCUT2D eigenvalue weighted by Gasteiger charge is 2.26. The van der Waals surface area contributed by atoms with Gasteiger partial charge in [0.2, 0.25) is 0 Å². The van der Waals surface area contributed by atoms with E-state index in [1.807, 2.05) is 0 Å². The predicted octanol–water partition coefficient (Wildman–Crippen LogP) is 0.834. The number of hydrogen-bond acceptors (Lipinski definition) is 3. The van der Waals surface area contributed by atoms with Crippen LogP contribution in [0.2, 0.25) is 0 Å². The molecule has 0 unspecified atom stereocenters. The number of nitrogens with one attached hydrogen (secondary N) is 1. The topological polar surface area (TPSA) is 45.1 Å². The minimum absolute atomic E-state index is 0.155. The second-order valence-corrected chi connectivity index (χ2v) is 3.71. The van der Waals surface area contributed by atoms with E-state index in [1.165, 1.54) is 12.3 Å². The standard InChI is InChI=1S/C10H13FN2O/c11-8-1-7(4-12-6-8)5-13-9-2-10(14)3-9/h1,4,6,9-10,13-14H,2-3,5H2. The minimum atomic E-state index is -0.307. The van der Waals surface area contributed by atoms with Crippen LogP contribution in [0.25, 0.3) is 0 Å². The maximum atomic E-state index is 12.7. The highest BCUT2D eigenvalue weighted by atomic mass is 19.1. The Morgan fingerprint density at radius 1 is 1.50 bits per heavy atom. The summed E-state index contributed by atoms with van der Waals surface area (Å²) in [6.45, 7) is 0.613. The second-order valence-electron chi connectivity index (χ2n) is 3.71. The molecule has 2 rings (SSSR count). The Morgan fingerprint density at radius 2 is 2.29 bits per heavy atom. The SMILES string of the molecule is OC1CC(NCc2cncc(F)c2)C1. The van der Waals surface area contributed by atoms with E-state index in [-0.39, 0.29) is 11.9 Å². The highest BCUT2D eigenvalue weighted by Crippen LogP contribution is 2.19. The zero-order chi connectivity index (χ0) is 9.97. The van der Waals surface area contributed by atoms with Gasteiger partial charge in [-0.2, -0.15) is 0 Å². The van der Waals surface area contributed by atoms with Crippen molar-refractivity contribution in [3.63, 3.8) is 0 Å². The molecule has 0 atom stereocenters. The fourth-order valence-electron chi connectivity index (χ4n) is 1.57. The molecule has 4 heteroatoms. The Balaban J connectivity index is 1.80. The van der Waals surface area contributed by atoms with Gasteiger partial charge in [0.15, 0.2) is 0 Å². The van der Waals surface area contributed by atoms with E-state index in [9.17, 15) is 4.39 Å². The van der Waals surface area contributed by atoms with Gasteiger partial charge in [0.05, 0.1) is 12.3 Å². The van der Waals surface area contributed by atoms with Gasteiger partial charge in [-0.25, -0.2) is 4.39 Å². The molecule has 1 saturated carbocycles. The average molecular weight is 196 g/mol. The molecule has 1 fully saturated rings. The van der Waals surface area contributed by atoms with Crippen molar-refractivity contribution in [2.45, 2.75) is 31.5 Å². The number of pyridine rings is 1. The number of halogens is 1. The Kier molecular flexibility index (Phi) is 2.74. The van der Waals surface area contributed by atoms with Crippen molar-refractivity contribution >= 4 is 0 Å². The maximum absolute atomic E-state index is 12.7. The molecule has 1 aliphatic rings. The Hall–Kier alpha value is -1.00. The quantitative estimate of drug-likeness (QED) is 0.752. The molecule has 3 nitrogen and oxygen atoms in total. The highest BCUT2D eigenvalue weighted by molar-refractivity contribution is 5.10. The summed E-state index contributed by atoms with van der Waals surface area (Å²) < 4.78 is 12.7. The van der Waals surface area contributed by atoms with Crippen molar-refractivity contribution < 1.29 is 9.50 Å². The molecule has 14 heavy (non-hydrogen) atoms. The number of rotatable bonds is 3. The van der Waals surface area contributed by atoms with Crippen LogP contribution in [0.3, 0.4) is 0 Å². The fourth-order valence-corrected chi connectivity index (χ4v) is 1.57. The van der Waals surface area contributed by atoms with Gasteiger partial charge in [0.1, 0.15) is 5.82 Å². The predicted molar refractivity (Wildman–Crippen MR) is 50.1 cm³/mol. The lowest BCUT2D eigenvalue weighted by molar-refractivity contribution is 0.0619. The first-order valence-corrected chi connectivity index (χ1v) is 4.75. The molecule has 1 heterocycles. The third-order valence-electron chi connectivity index (χ3n) is 2.47. The summed E-state index contributed by atoms with van der Waals surface area (Å²) in [7, 11) is 0. The van der Waals surface area contributed by atoms with E-state index in [4.69, 9.17) is 5.11 Å². The van der Waals surface area contributed by atoms with E-state index in [1.54, 1.807) is 6.20 Å². The smallest absolute Gasteiger partial charge is 0.141 e. The lowest BCUT2D eigenvalue weighted by Gasteiger charge is -2.32. The van der Waals surface area contributed by atoms with Crippen LogP contribution in [-0.4, -0.2) is 22.2 Å². The van der Waals surface area contributed by atoms with Gasteiger partial charge in [-0.3, -0.25) is 4.98 Å². The zero-order valence-electron chi connectivity index (χ0n) is 7.78. The second kappa shape index (κ2) is 4.02. The summed E-state index contributed by atoms with van der Waals surface area (Å²) in [5, 5.41) is 12.3. The van der Waals surface area contributed by atoms with Gasteiger partial charge >= 0.3 is 0 Å². The van der Waals surface area contributed by atoms with Gasteiger partial charge in [-0.1, -0.05) is 0 Å². The number of aliphatic hydroxyl groups excluding tert-OH is 1. The van der Waals surface area contributed by atoms with Crippen LogP contribution in [0.5, 0.6) is 0 Å². The Bertz CT molecular complexity index is 313. The van der Waals surface area contributed by atoms with Crippen molar-refractivity contribution in [1.82, 2.24) is 10.3 Å². The molecule has 0 saturated heterocycles. The first-order chi connectivity index (χ1) is 6.74. The Morgan fingerprint density at radius 3 is 2.93 bits per heavy atom. The van der Waals surface area contributed by atoms with Crippen molar-refractivity contribution in [1.29, 1.82) is 0 Å². The summed E-state index contributed by atoms with van der Waals surface area (Å²) in [5.74, 6) is -0.307. The van der Waals surface area contributed by atoms with E-state index >= 15 is 0 Å². The zero-order valence-corrected chi connectivity index (χ0v) is 7.78. The lowest BCUT2D eigenvalue weighted by atomic mass is 9.89. The van der Waals surface area contributed by atoms with Crippen molar-refractivity contribution in [2.24, 2.45) is 0 Å². The van der Waals surface area contributed by atoms with Gasteiger partial charge < -0.3 is 10.4 Å². The molecular formula is C10H13FN2O. The van der Waals surface area contributed by atoms with Crippen LogP contribution >= 0.6 is 0 Å². The summed E-state index contributed by atoms with van der Waals surface area (Å²) in [6.07, 6.45) is 4.27. The summed E-state index contributed by atoms with van der Waals surface area (Å²) in [5.41, 5.74) is 0.839. The van der Waals surface area contributed by atoms with Gasteiger partial charge in [-0.05, 0) is 24.5 Å². The van der Waals surface area contributed by atoms with Crippen LogP contribution in [0.4, 0.5) is 4.39 Å². The van der Waals surface area contributed by atoms with Gasteiger partial charge in [-0.15, -0.1) is 0 Å². The summed E-state index contributed by atoms with van der Waals surface area (Å²) in [6, 6.07) is 1.84. The molecule has 1 aromatic heterocycles. The van der Waals surface area contributed by atoms with Crippen molar-refractivity contribution in [3.05, 3.63) is 29.8 Å². The number of aromatic nitrogens is 1. The van der Waals surface area contributed by atoms with Crippen LogP contribution in [0.1, 0.15) is 18.4 Å². The van der Waals surface area contributed by atoms with Crippen molar-refractivity contribution in [3.8, 4) is 0 Å². The minimum Gasteiger partial charge on any atom is -0.393 e. The normalized spacial score (nSPS) is 25.9. The fraction of sp³-hybridized carbons (Fsp3) is 0.500. The molecule has 0 bridgehead atoms. The Labute approximate surface area is 82.0 Å². The number of nitrogens with zero attached hydrogens (tertiary/aromatic N) is 1. The molecule has 76 valence electrons. The van der Waals surface area contributed by atoms with Gasteiger partial charge in [0.25, 0.3) is 0 Å². The lowest BCUT2D eigenvalue weighted by Crippen LogP contribution is -2.43. The molecule has 1 aromatic rings. The molecular weight excluding hydrogens is 183 g/mol. The first-order valence-electron chi connectivity index (χ1n) is 4.75. The van der Waals surface area contributed by atoms with E-state index in [0.29, 0.717) is 12.6 Å². The molecule has 1 aliphatic carbocycles. The molecule has 0 amide bonds. The largest absolute Gasteiger partial charge is 0.393 e. The number of hydrogen-bond donors (Lipinski definition) is 2. The molecule has 0 radical (unpaired) electrons. The summed E-state index contributed by atoms with van der Waals surface area (Å²) in [4.78, 5) is 3.76. The van der Waals surface area contributed by atoms with Crippen molar-refractivity contribution in [2.75, 3.05) is 0 Å².